The zero-order valence-electron chi connectivity index (χ0n) is 14.4. The minimum absolute atomic E-state index is 0.00187. The lowest BCUT2D eigenvalue weighted by atomic mass is 10.1. The molecule has 0 radical (unpaired) electrons. The lowest BCUT2D eigenvalue weighted by Gasteiger charge is -2.13. The molecule has 0 saturated heterocycles. The summed E-state index contributed by atoms with van der Waals surface area (Å²) in [5.41, 5.74) is 2.05. The summed E-state index contributed by atoms with van der Waals surface area (Å²) in [6, 6.07) is 11.7. The number of amides is 1. The number of hydrogen-bond donors (Lipinski definition) is 1. The summed E-state index contributed by atoms with van der Waals surface area (Å²) in [7, 11) is 0. The minimum atomic E-state index is -0.0972. The first-order chi connectivity index (χ1) is 12.2. The molecular formula is C19H23N3O2S. The Morgan fingerprint density at radius 1 is 1.36 bits per heavy atom. The number of carbonyl (C=O) groups excluding carboxylic acids is 1. The largest absolute Gasteiger partial charge is 0.356 e. The van der Waals surface area contributed by atoms with Crippen molar-refractivity contribution in [2.24, 2.45) is 0 Å². The third-order valence-electron chi connectivity index (χ3n) is 4.33. The predicted molar refractivity (Wildman–Crippen MR) is 100 cm³/mol. The normalized spacial score (nSPS) is 15.8. The van der Waals surface area contributed by atoms with Gasteiger partial charge in [-0.25, -0.2) is 4.98 Å². The summed E-state index contributed by atoms with van der Waals surface area (Å²) in [5.74, 6) is 0.727. The van der Waals surface area contributed by atoms with E-state index in [-0.39, 0.29) is 17.5 Å². The summed E-state index contributed by atoms with van der Waals surface area (Å²) >= 11 is 1.56. The number of benzene rings is 1. The molecule has 0 saturated carbocycles. The van der Waals surface area contributed by atoms with Crippen molar-refractivity contribution in [3.63, 3.8) is 0 Å². The third kappa shape index (κ3) is 4.51. The average Bonchev–Trinajstić information content (AvgIpc) is 3.02. The summed E-state index contributed by atoms with van der Waals surface area (Å²) in [4.78, 5) is 29.0. The van der Waals surface area contributed by atoms with Gasteiger partial charge >= 0.3 is 0 Å². The van der Waals surface area contributed by atoms with Gasteiger partial charge in [0.2, 0.25) is 5.91 Å². The number of thioether (sulfide) groups is 1. The Morgan fingerprint density at radius 3 is 2.92 bits per heavy atom. The van der Waals surface area contributed by atoms with Crippen molar-refractivity contribution in [1.29, 1.82) is 0 Å². The zero-order valence-corrected chi connectivity index (χ0v) is 15.2. The summed E-state index contributed by atoms with van der Waals surface area (Å²) < 4.78 is 1.67. The van der Waals surface area contributed by atoms with Crippen molar-refractivity contribution >= 4 is 17.7 Å². The smallest absolute Gasteiger partial charge is 0.254 e. The van der Waals surface area contributed by atoms with Crippen LogP contribution in [0.2, 0.25) is 0 Å². The summed E-state index contributed by atoms with van der Waals surface area (Å²) in [5, 5.41) is 3.71. The zero-order chi connectivity index (χ0) is 17.6. The minimum Gasteiger partial charge on any atom is -0.356 e. The van der Waals surface area contributed by atoms with E-state index in [0.717, 1.165) is 35.9 Å². The summed E-state index contributed by atoms with van der Waals surface area (Å²) in [6.07, 6.45) is 2.94. The molecule has 1 aliphatic heterocycles. The predicted octanol–water partition coefficient (Wildman–Crippen LogP) is 2.59. The molecular weight excluding hydrogens is 334 g/mol. The molecule has 0 aliphatic carbocycles. The fraction of sp³-hybridized carbons (Fsp3) is 0.421. The van der Waals surface area contributed by atoms with E-state index in [0.29, 0.717) is 13.0 Å². The number of aryl methyl sites for hydroxylation is 2. The highest BCUT2D eigenvalue weighted by Gasteiger charge is 2.27. The van der Waals surface area contributed by atoms with Crippen LogP contribution in [-0.2, 0) is 17.6 Å². The highest BCUT2D eigenvalue weighted by molar-refractivity contribution is 7.99. The Hall–Kier alpha value is -2.08. The Morgan fingerprint density at radius 2 is 2.16 bits per heavy atom. The maximum atomic E-state index is 12.3. The van der Waals surface area contributed by atoms with Crippen molar-refractivity contribution in [3.05, 3.63) is 58.0 Å². The molecule has 1 aliphatic rings. The van der Waals surface area contributed by atoms with Gasteiger partial charge in [-0.15, -0.1) is 0 Å². The van der Waals surface area contributed by atoms with Crippen LogP contribution in [0.25, 0.3) is 0 Å². The molecule has 2 aromatic rings. The number of nitrogens with one attached hydrogen (secondary N) is 1. The molecule has 1 aromatic heterocycles. The second-order valence-corrected chi connectivity index (χ2v) is 7.19. The second kappa shape index (κ2) is 8.34. The number of hydrogen-bond acceptors (Lipinski definition) is 4. The molecule has 1 N–H and O–H groups in total. The Balaban J connectivity index is 1.49. The molecule has 132 valence electrons. The Kier molecular flexibility index (Phi) is 5.91. The van der Waals surface area contributed by atoms with Crippen molar-refractivity contribution in [2.75, 3.05) is 12.3 Å². The maximum Gasteiger partial charge on any atom is 0.254 e. The molecule has 2 heterocycles. The number of aromatic nitrogens is 2. The van der Waals surface area contributed by atoms with Crippen LogP contribution in [0, 0.1) is 0 Å². The van der Waals surface area contributed by atoms with Crippen molar-refractivity contribution in [2.45, 2.75) is 43.8 Å². The van der Waals surface area contributed by atoms with Gasteiger partial charge in [-0.1, -0.05) is 49.0 Å². The van der Waals surface area contributed by atoms with Crippen molar-refractivity contribution in [3.8, 4) is 0 Å². The molecule has 3 rings (SSSR count). The average molecular weight is 357 g/mol. The number of rotatable bonds is 7. The van der Waals surface area contributed by atoms with Crippen LogP contribution in [0.5, 0.6) is 0 Å². The molecule has 1 amide bonds. The Bertz CT molecular complexity index is 789. The van der Waals surface area contributed by atoms with Crippen LogP contribution in [0.1, 0.15) is 37.1 Å². The van der Waals surface area contributed by atoms with Crippen LogP contribution in [-0.4, -0.2) is 27.8 Å². The molecule has 0 fully saturated rings. The van der Waals surface area contributed by atoms with Gasteiger partial charge in [0.1, 0.15) is 0 Å². The van der Waals surface area contributed by atoms with Crippen LogP contribution in [0.15, 0.2) is 46.3 Å². The van der Waals surface area contributed by atoms with E-state index < -0.39 is 0 Å². The van der Waals surface area contributed by atoms with E-state index in [1.54, 1.807) is 22.4 Å². The highest BCUT2D eigenvalue weighted by atomic mass is 32.2. The number of fused-ring (bicyclic) bond motifs is 1. The van der Waals surface area contributed by atoms with Gasteiger partial charge in [0.15, 0.2) is 5.16 Å². The van der Waals surface area contributed by atoms with Crippen molar-refractivity contribution < 1.29 is 4.79 Å². The monoisotopic (exact) mass is 357 g/mol. The molecule has 0 spiro atoms. The van der Waals surface area contributed by atoms with Gasteiger partial charge < -0.3 is 5.32 Å². The van der Waals surface area contributed by atoms with E-state index in [9.17, 15) is 9.59 Å². The molecule has 6 heteroatoms. The lowest BCUT2D eigenvalue weighted by molar-refractivity contribution is -0.121. The lowest BCUT2D eigenvalue weighted by Crippen LogP contribution is -2.31. The van der Waals surface area contributed by atoms with E-state index in [2.05, 4.69) is 22.4 Å². The number of carbonyl (C=O) groups is 1. The van der Waals surface area contributed by atoms with E-state index in [1.165, 1.54) is 5.56 Å². The fourth-order valence-electron chi connectivity index (χ4n) is 2.98. The molecule has 1 aromatic carbocycles. The van der Waals surface area contributed by atoms with E-state index >= 15 is 0 Å². The topological polar surface area (TPSA) is 64.0 Å². The van der Waals surface area contributed by atoms with Crippen LogP contribution in [0.3, 0.4) is 0 Å². The molecule has 5 nitrogen and oxygen atoms in total. The van der Waals surface area contributed by atoms with Gasteiger partial charge in [0, 0.05) is 30.5 Å². The van der Waals surface area contributed by atoms with Gasteiger partial charge in [0.25, 0.3) is 5.56 Å². The second-order valence-electron chi connectivity index (χ2n) is 6.20. The first kappa shape index (κ1) is 17.7. The first-order valence-corrected chi connectivity index (χ1v) is 9.72. The SMILES string of the molecule is CCc1cc(=O)n2c(n1)SCC2CC(=O)NCCCc1ccccc1. The molecule has 1 atom stereocenters. The quantitative estimate of drug-likeness (QED) is 0.611. The Labute approximate surface area is 151 Å². The fourth-order valence-corrected chi connectivity index (χ4v) is 4.15. The van der Waals surface area contributed by atoms with E-state index in [4.69, 9.17) is 0 Å². The highest BCUT2D eigenvalue weighted by Crippen LogP contribution is 2.31. The van der Waals surface area contributed by atoms with Gasteiger partial charge in [0.05, 0.1) is 6.04 Å². The molecule has 1 unspecified atom stereocenters. The standard InChI is InChI=1S/C19H23N3O2S/c1-2-15-11-18(24)22-16(13-25-19(22)21-15)12-17(23)20-10-6-9-14-7-4-3-5-8-14/h3-5,7-8,11,16H,2,6,9-10,12-13H2,1H3,(H,20,23). The first-order valence-electron chi connectivity index (χ1n) is 8.73. The van der Waals surface area contributed by atoms with Crippen LogP contribution in [0.4, 0.5) is 0 Å². The van der Waals surface area contributed by atoms with Gasteiger partial charge in [-0.2, -0.15) is 0 Å². The maximum absolute atomic E-state index is 12.3. The van der Waals surface area contributed by atoms with Gasteiger partial charge in [-0.05, 0) is 24.8 Å². The van der Waals surface area contributed by atoms with Crippen LogP contribution >= 0.6 is 11.8 Å². The summed E-state index contributed by atoms with van der Waals surface area (Å²) in [6.45, 7) is 2.64. The molecule has 0 bridgehead atoms. The van der Waals surface area contributed by atoms with Crippen molar-refractivity contribution in [1.82, 2.24) is 14.9 Å². The van der Waals surface area contributed by atoms with E-state index in [1.807, 2.05) is 25.1 Å². The number of nitrogens with zero attached hydrogens (tertiary/aromatic N) is 2. The third-order valence-corrected chi connectivity index (χ3v) is 5.43. The van der Waals surface area contributed by atoms with Gasteiger partial charge in [-0.3, -0.25) is 14.2 Å². The molecule has 25 heavy (non-hydrogen) atoms. The van der Waals surface area contributed by atoms with Crippen LogP contribution < -0.4 is 10.9 Å².